The number of carbonyl (C=O) groups is 1. The smallest absolute Gasteiger partial charge is 0.243 e. The highest BCUT2D eigenvalue weighted by Gasteiger charge is 2.33. The third-order valence-electron chi connectivity index (χ3n) is 8.21. The van der Waals surface area contributed by atoms with E-state index in [0.717, 1.165) is 17.5 Å². The van der Waals surface area contributed by atoms with Gasteiger partial charge in [-0.25, -0.2) is 8.42 Å². The highest BCUT2D eigenvalue weighted by Crippen LogP contribution is 2.29. The van der Waals surface area contributed by atoms with E-state index in [1.54, 1.807) is 12.1 Å². The van der Waals surface area contributed by atoms with Gasteiger partial charge < -0.3 is 21.3 Å². The van der Waals surface area contributed by atoms with Gasteiger partial charge in [-0.05, 0) is 60.4 Å². The summed E-state index contributed by atoms with van der Waals surface area (Å²) in [7, 11) is -3.88. The molecule has 44 heavy (non-hydrogen) atoms. The zero-order valence-corrected chi connectivity index (χ0v) is 27.0. The number of carbonyl (C=O) groups excluding carboxylic acids is 1. The number of nitrogens with two attached hydrogens (primary N) is 1. The molecule has 0 bridgehead atoms. The van der Waals surface area contributed by atoms with Gasteiger partial charge in [0, 0.05) is 24.5 Å². The molecule has 0 unspecified atom stereocenters. The second kappa shape index (κ2) is 17.4. The van der Waals surface area contributed by atoms with Crippen LogP contribution in [0.4, 0.5) is 0 Å². The minimum atomic E-state index is -3.88. The SMILES string of the molecule is CC[C@@H](CCC[C@@H](CO)N(CCC(C)C)S(=O)(=O)c1ccc(CO)cc1)N[C@H](C(N)=O)C(c1ccccc1)c1ccccc1. The van der Waals surface area contributed by atoms with Crippen LogP contribution >= 0.6 is 0 Å². The first-order valence-electron chi connectivity index (χ1n) is 15.6. The van der Waals surface area contributed by atoms with Crippen LogP contribution < -0.4 is 11.1 Å². The lowest BCUT2D eigenvalue weighted by Gasteiger charge is -2.32. The summed E-state index contributed by atoms with van der Waals surface area (Å²) in [5.41, 5.74) is 8.62. The minimum Gasteiger partial charge on any atom is -0.395 e. The van der Waals surface area contributed by atoms with Crippen LogP contribution in [0.1, 0.15) is 75.5 Å². The van der Waals surface area contributed by atoms with Gasteiger partial charge in [0.15, 0.2) is 0 Å². The van der Waals surface area contributed by atoms with Gasteiger partial charge >= 0.3 is 0 Å². The average Bonchev–Trinajstić information content (AvgIpc) is 3.03. The highest BCUT2D eigenvalue weighted by molar-refractivity contribution is 7.89. The van der Waals surface area contributed by atoms with Gasteiger partial charge in [0.1, 0.15) is 0 Å². The Hall–Kier alpha value is -3.08. The molecule has 240 valence electrons. The van der Waals surface area contributed by atoms with Crippen molar-refractivity contribution in [2.45, 2.75) is 88.4 Å². The maximum absolute atomic E-state index is 13.8. The predicted molar refractivity (Wildman–Crippen MR) is 175 cm³/mol. The van der Waals surface area contributed by atoms with Crippen LogP contribution in [0.5, 0.6) is 0 Å². The monoisotopic (exact) mass is 623 g/mol. The van der Waals surface area contributed by atoms with E-state index < -0.39 is 28.0 Å². The molecule has 0 aromatic heterocycles. The van der Waals surface area contributed by atoms with Crippen molar-refractivity contribution in [3.63, 3.8) is 0 Å². The number of aliphatic hydroxyl groups is 2. The molecule has 0 heterocycles. The molecule has 5 N–H and O–H groups in total. The summed E-state index contributed by atoms with van der Waals surface area (Å²) in [5.74, 6) is -0.430. The Bertz CT molecular complexity index is 1330. The number of hydrogen-bond acceptors (Lipinski definition) is 6. The molecule has 0 aliphatic rings. The average molecular weight is 624 g/mol. The first-order chi connectivity index (χ1) is 21.1. The minimum absolute atomic E-state index is 0.0477. The van der Waals surface area contributed by atoms with Gasteiger partial charge in [-0.15, -0.1) is 0 Å². The van der Waals surface area contributed by atoms with Crippen LogP contribution in [-0.4, -0.2) is 60.1 Å². The van der Waals surface area contributed by atoms with Crippen molar-refractivity contribution in [3.05, 3.63) is 102 Å². The quantitative estimate of drug-likeness (QED) is 0.152. The van der Waals surface area contributed by atoms with Crippen LogP contribution in [0, 0.1) is 5.92 Å². The van der Waals surface area contributed by atoms with E-state index in [1.165, 1.54) is 16.4 Å². The molecule has 0 spiro atoms. The summed E-state index contributed by atoms with van der Waals surface area (Å²) in [6, 6.07) is 24.7. The van der Waals surface area contributed by atoms with Gasteiger partial charge in [-0.3, -0.25) is 4.79 Å². The summed E-state index contributed by atoms with van der Waals surface area (Å²) < 4.78 is 28.9. The van der Waals surface area contributed by atoms with Gasteiger partial charge in [-0.2, -0.15) is 4.31 Å². The topological polar surface area (TPSA) is 133 Å². The number of aliphatic hydroxyl groups excluding tert-OH is 2. The molecule has 0 radical (unpaired) electrons. The molecule has 3 aromatic carbocycles. The Morgan fingerprint density at radius 1 is 0.864 bits per heavy atom. The van der Waals surface area contributed by atoms with Gasteiger partial charge in [0.05, 0.1) is 24.2 Å². The van der Waals surface area contributed by atoms with Crippen LogP contribution in [0.15, 0.2) is 89.8 Å². The maximum Gasteiger partial charge on any atom is 0.243 e. The lowest BCUT2D eigenvalue weighted by Crippen LogP contribution is -2.50. The molecule has 3 atom stereocenters. The van der Waals surface area contributed by atoms with Gasteiger partial charge in [0.25, 0.3) is 0 Å². The highest BCUT2D eigenvalue weighted by atomic mass is 32.2. The molecule has 0 saturated carbocycles. The van der Waals surface area contributed by atoms with E-state index in [4.69, 9.17) is 5.73 Å². The predicted octanol–water partition coefficient (Wildman–Crippen LogP) is 4.80. The van der Waals surface area contributed by atoms with Crippen molar-refractivity contribution in [2.24, 2.45) is 11.7 Å². The van der Waals surface area contributed by atoms with Crippen molar-refractivity contribution >= 4 is 15.9 Å². The molecule has 0 aliphatic heterocycles. The van der Waals surface area contributed by atoms with Crippen LogP contribution in [0.25, 0.3) is 0 Å². The largest absolute Gasteiger partial charge is 0.395 e. The molecular weight excluding hydrogens is 574 g/mol. The Kier molecular flexibility index (Phi) is 14.0. The summed E-state index contributed by atoms with van der Waals surface area (Å²) in [5, 5.41) is 23.3. The van der Waals surface area contributed by atoms with E-state index in [9.17, 15) is 23.4 Å². The summed E-state index contributed by atoms with van der Waals surface area (Å²) in [6.45, 7) is 5.96. The summed E-state index contributed by atoms with van der Waals surface area (Å²) in [6.07, 6.45) is 3.18. The van der Waals surface area contributed by atoms with Gasteiger partial charge in [-0.1, -0.05) is 100.0 Å². The van der Waals surface area contributed by atoms with Gasteiger partial charge in [0.2, 0.25) is 15.9 Å². The molecule has 3 rings (SSSR count). The lowest BCUT2D eigenvalue weighted by molar-refractivity contribution is -0.120. The Balaban J connectivity index is 1.78. The molecule has 3 aromatic rings. The Morgan fingerprint density at radius 2 is 1.43 bits per heavy atom. The fraction of sp³-hybridized carbons (Fsp3) is 0.457. The zero-order valence-electron chi connectivity index (χ0n) is 26.2. The van der Waals surface area contributed by atoms with Crippen LogP contribution in [0.2, 0.25) is 0 Å². The van der Waals surface area contributed by atoms with Crippen molar-refractivity contribution in [1.82, 2.24) is 9.62 Å². The van der Waals surface area contributed by atoms with Crippen molar-refractivity contribution in [3.8, 4) is 0 Å². The van der Waals surface area contributed by atoms with E-state index in [0.29, 0.717) is 37.8 Å². The molecule has 8 nitrogen and oxygen atoms in total. The number of amides is 1. The standard InChI is InChI=1S/C35H49N3O5S/c1-4-30(37-34(35(36)41)33(28-12-7-5-8-13-28)29-14-9-6-10-15-29)16-11-17-31(25-40)38(23-22-26(2)3)44(42,43)32-20-18-27(24-39)19-21-32/h5-10,12-15,18-21,26,30-31,33-34,37,39-40H,4,11,16-17,22-25H2,1-3H3,(H2,36,41)/t30-,31-,34-/m0/s1. The fourth-order valence-electron chi connectivity index (χ4n) is 5.61. The van der Waals surface area contributed by atoms with E-state index in [1.807, 2.05) is 74.5 Å². The normalized spacial score (nSPS) is 14.2. The number of rotatable bonds is 19. The first-order valence-corrected chi connectivity index (χ1v) is 17.0. The summed E-state index contributed by atoms with van der Waals surface area (Å²) in [4.78, 5) is 13.0. The molecule has 0 aliphatic carbocycles. The molecule has 0 fully saturated rings. The van der Waals surface area contributed by atoms with Crippen molar-refractivity contribution in [1.29, 1.82) is 0 Å². The summed E-state index contributed by atoms with van der Waals surface area (Å²) >= 11 is 0. The fourth-order valence-corrected chi connectivity index (χ4v) is 7.27. The molecule has 1 amide bonds. The Labute approximate surface area is 263 Å². The lowest BCUT2D eigenvalue weighted by atomic mass is 9.84. The molecule has 0 saturated heterocycles. The number of benzene rings is 3. The second-order valence-corrected chi connectivity index (χ2v) is 13.7. The van der Waals surface area contributed by atoms with Crippen molar-refractivity contribution in [2.75, 3.05) is 13.2 Å². The number of nitrogens with zero attached hydrogens (tertiary/aromatic N) is 1. The zero-order chi connectivity index (χ0) is 32.1. The maximum atomic E-state index is 13.8. The van der Waals surface area contributed by atoms with E-state index in [-0.39, 0.29) is 36.0 Å². The number of hydrogen-bond donors (Lipinski definition) is 4. The van der Waals surface area contributed by atoms with Crippen molar-refractivity contribution < 1.29 is 23.4 Å². The van der Waals surface area contributed by atoms with E-state index >= 15 is 0 Å². The van der Waals surface area contributed by atoms with Crippen LogP contribution in [-0.2, 0) is 21.4 Å². The van der Waals surface area contributed by atoms with E-state index in [2.05, 4.69) is 12.2 Å². The Morgan fingerprint density at radius 3 is 1.89 bits per heavy atom. The van der Waals surface area contributed by atoms with Crippen LogP contribution in [0.3, 0.4) is 0 Å². The number of nitrogens with one attached hydrogen (secondary N) is 1. The third-order valence-corrected chi connectivity index (χ3v) is 10.2. The first kappa shape index (κ1) is 35.4. The third kappa shape index (κ3) is 9.71. The number of primary amides is 1. The molecular formula is C35H49N3O5S. The second-order valence-electron chi connectivity index (χ2n) is 11.8. The molecule has 9 heteroatoms. The number of sulfonamides is 1.